The number of aromatic nitrogens is 1. The number of benzene rings is 1. The zero-order chi connectivity index (χ0) is 22.3. The lowest BCUT2D eigenvalue weighted by atomic mass is 9.91. The topological polar surface area (TPSA) is 90.5 Å². The van der Waals surface area contributed by atoms with Gasteiger partial charge in [-0.1, -0.05) is 18.2 Å². The van der Waals surface area contributed by atoms with Gasteiger partial charge in [-0.15, -0.1) is 0 Å². The van der Waals surface area contributed by atoms with Crippen molar-refractivity contribution >= 4 is 23.0 Å². The largest absolute Gasteiger partial charge is 0.444 e. The van der Waals surface area contributed by atoms with Crippen molar-refractivity contribution < 1.29 is 9.53 Å². The Morgan fingerprint density at radius 3 is 2.48 bits per heavy atom. The number of H-pyrrole nitrogens is 1. The molecule has 0 bridgehead atoms. The molecule has 170 valence electrons. The maximum absolute atomic E-state index is 12.0. The van der Waals surface area contributed by atoms with Gasteiger partial charge in [-0.25, -0.2) is 4.79 Å². The zero-order valence-electron chi connectivity index (χ0n) is 19.3. The molecular formula is C24H37N5O2. The van der Waals surface area contributed by atoms with E-state index >= 15 is 0 Å². The minimum Gasteiger partial charge on any atom is -0.444 e. The second kappa shape index (κ2) is 10.6. The highest BCUT2D eigenvalue weighted by atomic mass is 16.6. The van der Waals surface area contributed by atoms with E-state index < -0.39 is 5.60 Å². The summed E-state index contributed by atoms with van der Waals surface area (Å²) >= 11 is 0. The zero-order valence-corrected chi connectivity index (χ0v) is 19.3. The van der Waals surface area contributed by atoms with Crippen LogP contribution in [0.15, 0.2) is 35.5 Å². The number of ether oxygens (including phenoxy) is 1. The molecule has 1 aromatic heterocycles. The van der Waals surface area contributed by atoms with E-state index in [1.807, 2.05) is 27.8 Å². The maximum atomic E-state index is 12.0. The highest BCUT2D eigenvalue weighted by Crippen LogP contribution is 2.20. The van der Waals surface area contributed by atoms with Crippen LogP contribution >= 0.6 is 0 Å². The van der Waals surface area contributed by atoms with Gasteiger partial charge in [-0.05, 0) is 70.9 Å². The third-order valence-electron chi connectivity index (χ3n) is 5.60. The molecule has 1 saturated carbocycles. The summed E-state index contributed by atoms with van der Waals surface area (Å²) in [5, 5.41) is 11.3. The van der Waals surface area contributed by atoms with Crippen molar-refractivity contribution in [2.45, 2.75) is 77.0 Å². The average Bonchev–Trinajstić information content (AvgIpc) is 3.13. The molecule has 0 atom stereocenters. The molecule has 2 aromatic rings. The van der Waals surface area contributed by atoms with Crippen LogP contribution in [-0.4, -0.2) is 48.3 Å². The Morgan fingerprint density at radius 2 is 1.81 bits per heavy atom. The normalized spacial score (nSPS) is 19.8. The number of guanidine groups is 1. The number of nitrogens with zero attached hydrogens (tertiary/aromatic N) is 1. The number of carbonyl (C=O) groups is 1. The Bertz CT molecular complexity index is 875. The molecule has 0 aliphatic heterocycles. The number of hydrogen-bond acceptors (Lipinski definition) is 3. The smallest absolute Gasteiger partial charge is 0.407 e. The van der Waals surface area contributed by atoms with Gasteiger partial charge in [0.1, 0.15) is 5.60 Å². The summed E-state index contributed by atoms with van der Waals surface area (Å²) in [7, 11) is 1.81. The molecule has 0 spiro atoms. The minimum absolute atomic E-state index is 0.180. The van der Waals surface area contributed by atoms with E-state index in [1.165, 1.54) is 16.5 Å². The molecule has 31 heavy (non-hydrogen) atoms. The molecule has 7 heteroatoms. The number of nitrogens with one attached hydrogen (secondary N) is 4. The fraction of sp³-hybridized carbons (Fsp3) is 0.583. The van der Waals surface area contributed by atoms with E-state index in [4.69, 9.17) is 4.74 Å². The van der Waals surface area contributed by atoms with Crippen LogP contribution < -0.4 is 16.0 Å². The average molecular weight is 428 g/mol. The molecule has 1 amide bonds. The Balaban J connectivity index is 1.35. The summed E-state index contributed by atoms with van der Waals surface area (Å²) in [5.74, 6) is 0.850. The van der Waals surface area contributed by atoms with Gasteiger partial charge >= 0.3 is 6.09 Å². The number of alkyl carbamates (subject to hydrolysis) is 1. The second-order valence-electron chi connectivity index (χ2n) is 9.30. The Morgan fingerprint density at radius 1 is 1.13 bits per heavy atom. The first-order valence-corrected chi connectivity index (χ1v) is 11.4. The number of aliphatic imine (C=N–C) groups is 1. The molecule has 0 radical (unpaired) electrons. The number of carbonyl (C=O) groups excluding carboxylic acids is 1. The standard InChI is InChI=1S/C24H37N5O2/c1-24(2,3)31-23(30)29-19-13-11-18(12-14-19)28-22(25-4)26-15-7-8-17-16-27-21-10-6-5-9-20(17)21/h5-6,9-10,16,18-19,27H,7-8,11-15H2,1-4H3,(H,29,30)(H2,25,26,28). The molecule has 7 nitrogen and oxygen atoms in total. The van der Waals surface area contributed by atoms with E-state index in [9.17, 15) is 4.79 Å². The van der Waals surface area contributed by atoms with Gasteiger partial charge < -0.3 is 25.7 Å². The van der Waals surface area contributed by atoms with Gasteiger partial charge in [0.25, 0.3) is 0 Å². The first kappa shape index (κ1) is 23.0. The summed E-state index contributed by atoms with van der Waals surface area (Å²) in [5.41, 5.74) is 2.09. The highest BCUT2D eigenvalue weighted by Gasteiger charge is 2.25. The van der Waals surface area contributed by atoms with Crippen molar-refractivity contribution in [1.29, 1.82) is 0 Å². The molecular weight excluding hydrogens is 390 g/mol. The van der Waals surface area contributed by atoms with Gasteiger partial charge in [0.2, 0.25) is 0 Å². The molecule has 1 aliphatic rings. The van der Waals surface area contributed by atoms with E-state index in [0.717, 1.165) is 51.0 Å². The van der Waals surface area contributed by atoms with Crippen LogP contribution in [0.5, 0.6) is 0 Å². The summed E-state index contributed by atoms with van der Waals surface area (Å²) < 4.78 is 5.36. The summed E-state index contributed by atoms with van der Waals surface area (Å²) in [6.45, 7) is 6.51. The minimum atomic E-state index is -0.463. The number of rotatable bonds is 6. The SMILES string of the molecule is CN=C(NCCCc1c[nH]c2ccccc12)NC1CCC(NC(=O)OC(C)(C)C)CC1. The van der Waals surface area contributed by atoms with Crippen LogP contribution in [0.2, 0.25) is 0 Å². The molecule has 0 saturated heterocycles. The van der Waals surface area contributed by atoms with Crippen molar-refractivity contribution in [3.05, 3.63) is 36.0 Å². The van der Waals surface area contributed by atoms with Crippen LogP contribution in [-0.2, 0) is 11.2 Å². The Hall–Kier alpha value is -2.70. The van der Waals surface area contributed by atoms with Gasteiger partial charge in [0.15, 0.2) is 5.96 Å². The molecule has 4 N–H and O–H groups in total. The first-order valence-electron chi connectivity index (χ1n) is 11.4. The molecule has 1 heterocycles. The van der Waals surface area contributed by atoms with Gasteiger partial charge in [-0.3, -0.25) is 4.99 Å². The first-order chi connectivity index (χ1) is 14.8. The van der Waals surface area contributed by atoms with E-state index in [2.05, 4.69) is 56.4 Å². The maximum Gasteiger partial charge on any atom is 0.407 e. The van der Waals surface area contributed by atoms with Crippen molar-refractivity contribution in [3.63, 3.8) is 0 Å². The predicted molar refractivity (Wildman–Crippen MR) is 127 cm³/mol. The number of hydrogen-bond donors (Lipinski definition) is 4. The summed E-state index contributed by atoms with van der Waals surface area (Å²) in [4.78, 5) is 19.7. The van der Waals surface area contributed by atoms with Gasteiger partial charge in [0.05, 0.1) is 0 Å². The Labute approximate surface area is 185 Å². The predicted octanol–water partition coefficient (Wildman–Crippen LogP) is 4.10. The highest BCUT2D eigenvalue weighted by molar-refractivity contribution is 5.83. The molecule has 0 unspecified atom stereocenters. The van der Waals surface area contributed by atoms with Gasteiger partial charge in [-0.2, -0.15) is 0 Å². The number of fused-ring (bicyclic) bond motifs is 1. The van der Waals surface area contributed by atoms with Crippen molar-refractivity contribution in [2.75, 3.05) is 13.6 Å². The lowest BCUT2D eigenvalue weighted by Gasteiger charge is -2.31. The fourth-order valence-electron chi connectivity index (χ4n) is 4.07. The summed E-state index contributed by atoms with van der Waals surface area (Å²) in [6.07, 6.45) is 7.72. The lowest BCUT2D eigenvalue weighted by molar-refractivity contribution is 0.0490. The van der Waals surface area contributed by atoms with E-state index in [1.54, 1.807) is 0 Å². The third kappa shape index (κ3) is 7.19. The summed E-state index contributed by atoms with van der Waals surface area (Å²) in [6, 6.07) is 8.97. The van der Waals surface area contributed by atoms with Crippen molar-refractivity contribution in [3.8, 4) is 0 Å². The molecule has 1 aromatic carbocycles. The quantitative estimate of drug-likeness (QED) is 0.317. The number of aryl methyl sites for hydroxylation is 1. The van der Waals surface area contributed by atoms with E-state index in [0.29, 0.717) is 6.04 Å². The number of amides is 1. The van der Waals surface area contributed by atoms with Crippen LogP contribution in [0.3, 0.4) is 0 Å². The van der Waals surface area contributed by atoms with Crippen LogP contribution in [0, 0.1) is 0 Å². The molecule has 3 rings (SSSR count). The molecule has 1 fully saturated rings. The van der Waals surface area contributed by atoms with Gasteiger partial charge in [0, 0.05) is 42.8 Å². The number of para-hydroxylation sites is 1. The van der Waals surface area contributed by atoms with Crippen LogP contribution in [0.25, 0.3) is 10.9 Å². The van der Waals surface area contributed by atoms with Crippen LogP contribution in [0.4, 0.5) is 4.79 Å². The van der Waals surface area contributed by atoms with Crippen molar-refractivity contribution in [2.24, 2.45) is 4.99 Å². The van der Waals surface area contributed by atoms with Crippen molar-refractivity contribution in [1.82, 2.24) is 20.9 Å². The monoisotopic (exact) mass is 427 g/mol. The van der Waals surface area contributed by atoms with E-state index in [-0.39, 0.29) is 12.1 Å². The third-order valence-corrected chi connectivity index (χ3v) is 5.60. The Kier molecular flexibility index (Phi) is 7.82. The second-order valence-corrected chi connectivity index (χ2v) is 9.30. The van der Waals surface area contributed by atoms with Crippen LogP contribution in [0.1, 0.15) is 58.4 Å². The molecule has 1 aliphatic carbocycles. The number of aromatic amines is 1. The fourth-order valence-corrected chi connectivity index (χ4v) is 4.07. The lowest BCUT2D eigenvalue weighted by Crippen LogP contribution is -2.48.